The Bertz CT molecular complexity index is 616. The molecule has 0 radical (unpaired) electrons. The number of aliphatic hydroxyl groups excluding tert-OH is 2. The third-order valence-electron chi connectivity index (χ3n) is 4.99. The van der Waals surface area contributed by atoms with Crippen molar-refractivity contribution < 1.29 is 34.5 Å². The van der Waals surface area contributed by atoms with Crippen LogP contribution in [0, 0.1) is 0 Å². The molecule has 12 nitrogen and oxygen atoms in total. The summed E-state index contributed by atoms with van der Waals surface area (Å²) in [6.07, 6.45) is 1.10. The van der Waals surface area contributed by atoms with Gasteiger partial charge in [-0.25, -0.2) is 4.79 Å². The second-order valence-electron chi connectivity index (χ2n) is 7.39. The predicted octanol–water partition coefficient (Wildman–Crippen LogP) is -3.14. The number of likely N-dealkylation sites (tertiary alicyclic amines) is 1. The molecule has 0 bridgehead atoms. The second kappa shape index (κ2) is 12.4. The van der Waals surface area contributed by atoms with Crippen LogP contribution in [-0.4, -0.2) is 93.9 Å². The van der Waals surface area contributed by atoms with Gasteiger partial charge < -0.3 is 42.3 Å². The van der Waals surface area contributed by atoms with Crippen LogP contribution in [0.4, 0.5) is 0 Å². The van der Waals surface area contributed by atoms with Crippen LogP contribution in [0.5, 0.6) is 0 Å². The molecule has 172 valence electrons. The SMILES string of the molecule is CC(O)C(NC(=O)C(CO)NC(=O)C(N)CCCCN)C(=O)N1CCCC1C(=O)O. The summed E-state index contributed by atoms with van der Waals surface area (Å²) in [5.74, 6) is -3.46. The van der Waals surface area contributed by atoms with Crippen molar-refractivity contribution in [3.05, 3.63) is 0 Å². The molecule has 0 aromatic heterocycles. The van der Waals surface area contributed by atoms with Crippen molar-refractivity contribution in [1.82, 2.24) is 15.5 Å². The molecule has 5 unspecified atom stereocenters. The van der Waals surface area contributed by atoms with E-state index in [9.17, 15) is 34.5 Å². The lowest BCUT2D eigenvalue weighted by Crippen LogP contribution is -2.60. The molecule has 5 atom stereocenters. The zero-order valence-corrected chi connectivity index (χ0v) is 17.1. The quantitative estimate of drug-likeness (QED) is 0.155. The minimum atomic E-state index is -1.43. The van der Waals surface area contributed by atoms with Crippen molar-refractivity contribution in [2.45, 2.75) is 69.3 Å². The minimum Gasteiger partial charge on any atom is -0.480 e. The summed E-state index contributed by atoms with van der Waals surface area (Å²) >= 11 is 0. The molecule has 1 rings (SSSR count). The number of rotatable bonds is 12. The van der Waals surface area contributed by atoms with Crippen LogP contribution < -0.4 is 22.1 Å². The smallest absolute Gasteiger partial charge is 0.326 e. The van der Waals surface area contributed by atoms with Gasteiger partial charge in [-0.05, 0) is 39.2 Å². The molecule has 30 heavy (non-hydrogen) atoms. The molecule has 1 aliphatic heterocycles. The van der Waals surface area contributed by atoms with Gasteiger partial charge in [-0.2, -0.15) is 0 Å². The van der Waals surface area contributed by atoms with Crippen LogP contribution >= 0.6 is 0 Å². The number of aliphatic carboxylic acids is 1. The molecule has 3 amide bonds. The number of amides is 3. The number of unbranched alkanes of at least 4 members (excludes halogenated alkanes) is 1. The molecule has 1 saturated heterocycles. The van der Waals surface area contributed by atoms with Gasteiger partial charge in [0.25, 0.3) is 0 Å². The van der Waals surface area contributed by atoms with E-state index in [1.165, 1.54) is 6.92 Å². The fourth-order valence-corrected chi connectivity index (χ4v) is 3.22. The zero-order valence-electron chi connectivity index (χ0n) is 17.1. The first-order valence-corrected chi connectivity index (χ1v) is 10.0. The maximum atomic E-state index is 12.7. The number of carboxylic acid groups (broad SMARTS) is 1. The summed E-state index contributed by atoms with van der Waals surface area (Å²) in [6.45, 7) is 1.17. The molecule has 0 aliphatic carbocycles. The van der Waals surface area contributed by atoms with Crippen molar-refractivity contribution in [3.8, 4) is 0 Å². The van der Waals surface area contributed by atoms with Gasteiger partial charge in [-0.3, -0.25) is 14.4 Å². The molecular formula is C18H33N5O7. The number of hydrogen-bond donors (Lipinski definition) is 7. The lowest BCUT2D eigenvalue weighted by Gasteiger charge is -2.30. The molecular weight excluding hydrogens is 398 g/mol. The Hall–Kier alpha value is -2.28. The van der Waals surface area contributed by atoms with Crippen molar-refractivity contribution in [3.63, 3.8) is 0 Å². The predicted molar refractivity (Wildman–Crippen MR) is 106 cm³/mol. The van der Waals surface area contributed by atoms with E-state index in [1.54, 1.807) is 0 Å². The van der Waals surface area contributed by atoms with Crippen molar-refractivity contribution in [1.29, 1.82) is 0 Å². The third-order valence-corrected chi connectivity index (χ3v) is 4.99. The number of nitrogens with one attached hydrogen (secondary N) is 2. The largest absolute Gasteiger partial charge is 0.480 e. The molecule has 1 fully saturated rings. The Morgan fingerprint density at radius 3 is 2.37 bits per heavy atom. The zero-order chi connectivity index (χ0) is 22.8. The van der Waals surface area contributed by atoms with Crippen LogP contribution in [0.1, 0.15) is 39.0 Å². The lowest BCUT2D eigenvalue weighted by atomic mass is 10.1. The maximum Gasteiger partial charge on any atom is 0.326 e. The van der Waals surface area contributed by atoms with Crippen molar-refractivity contribution >= 4 is 23.7 Å². The summed E-state index contributed by atoms with van der Waals surface area (Å²) in [5, 5.41) is 33.3. The van der Waals surface area contributed by atoms with E-state index >= 15 is 0 Å². The van der Waals surface area contributed by atoms with Gasteiger partial charge in [-0.15, -0.1) is 0 Å². The summed E-state index contributed by atoms with van der Waals surface area (Å²) in [6, 6.07) is -4.74. The maximum absolute atomic E-state index is 12.7. The molecule has 0 saturated carbocycles. The molecule has 12 heteroatoms. The lowest BCUT2D eigenvalue weighted by molar-refractivity contribution is -0.150. The number of carboxylic acids is 1. The average Bonchev–Trinajstić information content (AvgIpc) is 3.19. The van der Waals surface area contributed by atoms with Gasteiger partial charge in [0, 0.05) is 6.54 Å². The van der Waals surface area contributed by atoms with Gasteiger partial charge >= 0.3 is 5.97 Å². The van der Waals surface area contributed by atoms with Crippen LogP contribution in [0.25, 0.3) is 0 Å². The summed E-state index contributed by atoms with van der Waals surface area (Å²) in [4.78, 5) is 49.8. The molecule has 1 heterocycles. The van der Waals surface area contributed by atoms with E-state index in [2.05, 4.69) is 10.6 Å². The van der Waals surface area contributed by atoms with Crippen LogP contribution in [0.3, 0.4) is 0 Å². The standard InChI is InChI=1S/C18H33N5O7/c1-10(25)14(17(28)23-8-4-6-13(23)18(29)30)22-16(27)12(9-24)21-15(26)11(20)5-2-3-7-19/h10-14,24-25H,2-9,19-20H2,1H3,(H,21,26)(H,22,27)(H,29,30). The van der Waals surface area contributed by atoms with Gasteiger partial charge in [0.2, 0.25) is 17.7 Å². The third kappa shape index (κ3) is 7.20. The van der Waals surface area contributed by atoms with Gasteiger partial charge in [0.05, 0.1) is 18.8 Å². The van der Waals surface area contributed by atoms with E-state index in [0.29, 0.717) is 32.2 Å². The Morgan fingerprint density at radius 2 is 1.83 bits per heavy atom. The topological polar surface area (TPSA) is 208 Å². The molecule has 0 aromatic carbocycles. The highest BCUT2D eigenvalue weighted by atomic mass is 16.4. The van der Waals surface area contributed by atoms with E-state index in [1.807, 2.05) is 0 Å². The molecule has 9 N–H and O–H groups in total. The number of nitrogens with two attached hydrogens (primary N) is 2. The fraction of sp³-hybridized carbons (Fsp3) is 0.778. The summed E-state index contributed by atoms with van der Waals surface area (Å²) in [7, 11) is 0. The van der Waals surface area contributed by atoms with Crippen molar-refractivity contribution in [2.24, 2.45) is 11.5 Å². The van der Waals surface area contributed by atoms with Gasteiger partial charge in [0.15, 0.2) is 0 Å². The molecule has 0 aromatic rings. The first-order valence-electron chi connectivity index (χ1n) is 10.0. The van der Waals surface area contributed by atoms with Crippen LogP contribution in [0.15, 0.2) is 0 Å². The minimum absolute atomic E-state index is 0.187. The highest BCUT2D eigenvalue weighted by molar-refractivity contribution is 5.94. The van der Waals surface area contributed by atoms with E-state index in [-0.39, 0.29) is 13.0 Å². The Kier molecular flexibility index (Phi) is 10.7. The average molecular weight is 431 g/mol. The Balaban J connectivity index is 2.77. The summed E-state index contributed by atoms with van der Waals surface area (Å²) < 4.78 is 0. The Labute approximate surface area is 175 Å². The van der Waals surface area contributed by atoms with Gasteiger partial charge in [0.1, 0.15) is 18.1 Å². The Morgan fingerprint density at radius 1 is 1.17 bits per heavy atom. The second-order valence-corrected chi connectivity index (χ2v) is 7.39. The number of carbonyl (C=O) groups is 4. The number of hydrogen-bond acceptors (Lipinski definition) is 8. The number of nitrogens with zero attached hydrogens (tertiary/aromatic N) is 1. The normalized spacial score (nSPS) is 20.2. The monoisotopic (exact) mass is 431 g/mol. The summed E-state index contributed by atoms with van der Waals surface area (Å²) in [5.41, 5.74) is 11.1. The first-order chi connectivity index (χ1) is 14.1. The molecule has 1 aliphatic rings. The number of aliphatic hydroxyl groups is 2. The van der Waals surface area contributed by atoms with E-state index in [4.69, 9.17) is 11.5 Å². The van der Waals surface area contributed by atoms with Crippen LogP contribution in [0.2, 0.25) is 0 Å². The fourth-order valence-electron chi connectivity index (χ4n) is 3.22. The molecule has 0 spiro atoms. The first kappa shape index (κ1) is 25.8. The van der Waals surface area contributed by atoms with E-state index < -0.39 is 60.6 Å². The van der Waals surface area contributed by atoms with Gasteiger partial charge in [-0.1, -0.05) is 6.42 Å². The van der Waals surface area contributed by atoms with Crippen LogP contribution in [-0.2, 0) is 19.2 Å². The highest BCUT2D eigenvalue weighted by Gasteiger charge is 2.40. The van der Waals surface area contributed by atoms with Crippen molar-refractivity contribution in [2.75, 3.05) is 19.7 Å². The van der Waals surface area contributed by atoms with E-state index in [0.717, 1.165) is 4.90 Å². The highest BCUT2D eigenvalue weighted by Crippen LogP contribution is 2.19. The number of carbonyl (C=O) groups excluding carboxylic acids is 3.